The van der Waals surface area contributed by atoms with Gasteiger partial charge in [-0.25, -0.2) is 9.78 Å². The standard InChI is InChI=1S/C21H35NO3SSi/c1-9-25-20(24)14(2)10-11-19(23)15(3)17(13-27(8)21(5,6)7)18-12-26-16(4)22-18/h10,12,19,23,27H,9,11,13H2,1-8H3/b14-10-,17-15+/t19-,27?/m0/s1. The number of esters is 1. The minimum absolute atomic E-state index is 0.307. The fraction of sp³-hybridized carbons (Fsp3) is 0.619. The van der Waals surface area contributed by atoms with Crippen LogP contribution in [-0.2, 0) is 9.53 Å². The van der Waals surface area contributed by atoms with Crippen molar-refractivity contribution in [3.8, 4) is 0 Å². The molecule has 1 heterocycles. The summed E-state index contributed by atoms with van der Waals surface area (Å²) >= 11 is 1.64. The number of aryl methyl sites for hydroxylation is 1. The van der Waals surface area contributed by atoms with Crippen molar-refractivity contribution in [2.75, 3.05) is 6.61 Å². The first-order chi connectivity index (χ1) is 12.5. The van der Waals surface area contributed by atoms with E-state index in [9.17, 15) is 9.90 Å². The third-order valence-electron chi connectivity index (χ3n) is 5.14. The zero-order valence-electron chi connectivity index (χ0n) is 18.0. The van der Waals surface area contributed by atoms with Gasteiger partial charge in [0.05, 0.1) is 23.4 Å². The monoisotopic (exact) mass is 409 g/mol. The van der Waals surface area contributed by atoms with Crippen LogP contribution in [-0.4, -0.2) is 37.6 Å². The molecule has 1 aromatic rings. The molecule has 0 aliphatic heterocycles. The zero-order valence-corrected chi connectivity index (χ0v) is 20.0. The van der Waals surface area contributed by atoms with Gasteiger partial charge in [-0.15, -0.1) is 11.3 Å². The van der Waals surface area contributed by atoms with E-state index in [-0.39, 0.29) is 5.97 Å². The molecule has 1 rings (SSSR count). The fourth-order valence-electron chi connectivity index (χ4n) is 2.58. The first-order valence-corrected chi connectivity index (χ1v) is 13.0. The van der Waals surface area contributed by atoms with Gasteiger partial charge in [-0.05, 0) is 56.3 Å². The van der Waals surface area contributed by atoms with Gasteiger partial charge in [0.2, 0.25) is 0 Å². The largest absolute Gasteiger partial charge is 0.463 e. The van der Waals surface area contributed by atoms with Crippen molar-refractivity contribution in [3.05, 3.63) is 33.3 Å². The normalized spacial score (nSPS) is 16.0. The molecule has 2 atom stereocenters. The predicted molar refractivity (Wildman–Crippen MR) is 118 cm³/mol. The number of carbonyl (C=O) groups is 1. The molecule has 27 heavy (non-hydrogen) atoms. The van der Waals surface area contributed by atoms with E-state index >= 15 is 0 Å². The molecule has 1 N–H and O–H groups in total. The number of aliphatic hydroxyl groups is 1. The van der Waals surface area contributed by atoms with Crippen LogP contribution in [0.25, 0.3) is 5.57 Å². The van der Waals surface area contributed by atoms with Crippen LogP contribution in [0.3, 0.4) is 0 Å². The van der Waals surface area contributed by atoms with Gasteiger partial charge in [0.15, 0.2) is 0 Å². The number of aromatic nitrogens is 1. The lowest BCUT2D eigenvalue weighted by atomic mass is 10.0. The SMILES string of the molecule is CCOC(=O)/C(C)=C\C[C@H](O)/C(C)=C(\C[SiH](C)C(C)(C)C)c1csc(C)n1. The molecular weight excluding hydrogens is 374 g/mol. The fourth-order valence-corrected chi connectivity index (χ4v) is 4.96. The molecule has 1 unspecified atom stereocenters. The molecule has 6 heteroatoms. The topological polar surface area (TPSA) is 59.4 Å². The molecule has 0 fully saturated rings. The summed E-state index contributed by atoms with van der Waals surface area (Å²) in [7, 11) is -1.07. The molecule has 0 bridgehead atoms. The van der Waals surface area contributed by atoms with E-state index < -0.39 is 14.9 Å². The van der Waals surface area contributed by atoms with Gasteiger partial charge in [0, 0.05) is 19.7 Å². The summed E-state index contributed by atoms with van der Waals surface area (Å²) in [6.07, 6.45) is 1.53. The summed E-state index contributed by atoms with van der Waals surface area (Å²) < 4.78 is 5.00. The number of hydrogen-bond donors (Lipinski definition) is 1. The highest BCUT2D eigenvalue weighted by atomic mass is 32.1. The Balaban J connectivity index is 3.11. The molecule has 0 aromatic carbocycles. The van der Waals surface area contributed by atoms with Crippen molar-refractivity contribution in [2.24, 2.45) is 0 Å². The van der Waals surface area contributed by atoms with Crippen molar-refractivity contribution < 1.29 is 14.6 Å². The second-order valence-electron chi connectivity index (χ2n) is 8.24. The van der Waals surface area contributed by atoms with Crippen LogP contribution in [0, 0.1) is 6.92 Å². The Labute approximate surface area is 170 Å². The van der Waals surface area contributed by atoms with Crippen molar-refractivity contribution in [1.29, 1.82) is 0 Å². The second kappa shape index (κ2) is 10.3. The number of rotatable bonds is 8. The van der Waals surface area contributed by atoms with E-state index in [0.29, 0.717) is 23.6 Å². The van der Waals surface area contributed by atoms with Gasteiger partial charge in [-0.2, -0.15) is 0 Å². The number of allylic oxidation sites excluding steroid dienone is 1. The van der Waals surface area contributed by atoms with Crippen LogP contribution in [0.5, 0.6) is 0 Å². The smallest absolute Gasteiger partial charge is 0.333 e. The molecule has 0 saturated heterocycles. The predicted octanol–water partition coefficient (Wildman–Crippen LogP) is 5.14. The first-order valence-electron chi connectivity index (χ1n) is 9.61. The van der Waals surface area contributed by atoms with Crippen molar-refractivity contribution >= 4 is 31.7 Å². The van der Waals surface area contributed by atoms with E-state index in [1.807, 2.05) is 13.8 Å². The van der Waals surface area contributed by atoms with Crippen LogP contribution >= 0.6 is 11.3 Å². The summed E-state index contributed by atoms with van der Waals surface area (Å²) in [5, 5.41) is 14.2. The Morgan fingerprint density at radius 3 is 2.52 bits per heavy atom. The molecule has 0 saturated carbocycles. The third-order valence-corrected chi connectivity index (χ3v) is 9.89. The minimum Gasteiger partial charge on any atom is -0.463 e. The maximum atomic E-state index is 11.8. The Bertz CT molecular complexity index is 701. The minimum atomic E-state index is -1.07. The zero-order chi connectivity index (χ0) is 20.8. The highest BCUT2D eigenvalue weighted by Gasteiger charge is 2.25. The van der Waals surface area contributed by atoms with E-state index in [0.717, 1.165) is 22.3 Å². The Kier molecular flexibility index (Phi) is 9.11. The van der Waals surface area contributed by atoms with Gasteiger partial charge in [0.1, 0.15) is 0 Å². The van der Waals surface area contributed by atoms with Gasteiger partial charge >= 0.3 is 5.97 Å². The summed E-state index contributed by atoms with van der Waals surface area (Å²) in [4.78, 5) is 16.4. The van der Waals surface area contributed by atoms with Crippen molar-refractivity contribution in [2.45, 2.75) is 78.6 Å². The summed E-state index contributed by atoms with van der Waals surface area (Å²) in [6.45, 7) is 17.1. The van der Waals surface area contributed by atoms with Crippen molar-refractivity contribution in [1.82, 2.24) is 4.98 Å². The lowest BCUT2D eigenvalue weighted by Crippen LogP contribution is -2.23. The number of aliphatic hydroxyl groups excluding tert-OH is 1. The molecule has 0 aliphatic rings. The van der Waals surface area contributed by atoms with E-state index in [4.69, 9.17) is 4.74 Å². The van der Waals surface area contributed by atoms with Gasteiger partial charge in [0.25, 0.3) is 0 Å². The molecule has 4 nitrogen and oxygen atoms in total. The van der Waals surface area contributed by atoms with Crippen LogP contribution in [0.2, 0.25) is 17.6 Å². The molecule has 1 aromatic heterocycles. The lowest BCUT2D eigenvalue weighted by molar-refractivity contribution is -0.138. The van der Waals surface area contributed by atoms with E-state index in [1.165, 1.54) is 5.57 Å². The molecule has 0 amide bonds. The van der Waals surface area contributed by atoms with E-state index in [2.05, 4.69) is 37.7 Å². The maximum absolute atomic E-state index is 11.8. The van der Waals surface area contributed by atoms with E-state index in [1.54, 1.807) is 31.3 Å². The Morgan fingerprint density at radius 2 is 2.04 bits per heavy atom. The van der Waals surface area contributed by atoms with Crippen molar-refractivity contribution in [3.63, 3.8) is 0 Å². The van der Waals surface area contributed by atoms with Gasteiger partial charge < -0.3 is 9.84 Å². The van der Waals surface area contributed by atoms with Crippen LogP contribution in [0.1, 0.15) is 58.7 Å². The van der Waals surface area contributed by atoms with Crippen LogP contribution in [0.4, 0.5) is 0 Å². The first kappa shape index (κ1) is 23.8. The summed E-state index contributed by atoms with van der Waals surface area (Å²) in [5.41, 5.74) is 3.65. The molecule has 152 valence electrons. The molecule has 0 spiro atoms. The molecular formula is C21H35NO3SSi. The number of ether oxygens (including phenoxy) is 1. The highest BCUT2D eigenvalue weighted by molar-refractivity contribution is 7.09. The second-order valence-corrected chi connectivity index (χ2v) is 13.2. The number of hydrogen-bond acceptors (Lipinski definition) is 5. The van der Waals surface area contributed by atoms with Crippen LogP contribution in [0.15, 0.2) is 22.6 Å². The number of thiazole rings is 1. The van der Waals surface area contributed by atoms with Gasteiger partial charge in [-0.3, -0.25) is 0 Å². The number of carbonyl (C=O) groups excluding carboxylic acids is 1. The average Bonchev–Trinajstić information content (AvgIpc) is 3.01. The van der Waals surface area contributed by atoms with Crippen LogP contribution < -0.4 is 0 Å². The van der Waals surface area contributed by atoms with Gasteiger partial charge in [-0.1, -0.05) is 33.4 Å². The quantitative estimate of drug-likeness (QED) is 0.367. The molecule has 0 radical (unpaired) electrons. The summed E-state index contributed by atoms with van der Waals surface area (Å²) in [5.74, 6) is -0.324. The molecule has 0 aliphatic carbocycles. The lowest BCUT2D eigenvalue weighted by Gasteiger charge is -2.28. The Hall–Kier alpha value is -1.24. The number of nitrogens with zero attached hydrogens (tertiary/aromatic N) is 1. The third kappa shape index (κ3) is 7.35. The summed E-state index contributed by atoms with van der Waals surface area (Å²) in [6, 6.07) is 0.996. The average molecular weight is 410 g/mol. The maximum Gasteiger partial charge on any atom is 0.333 e. The highest BCUT2D eigenvalue weighted by Crippen LogP contribution is 2.36. The Morgan fingerprint density at radius 1 is 1.41 bits per heavy atom.